The molecule has 1 aliphatic rings. The van der Waals surface area contributed by atoms with Crippen molar-refractivity contribution in [2.45, 2.75) is 11.3 Å². The van der Waals surface area contributed by atoms with Crippen LogP contribution in [0.25, 0.3) is 0 Å². The first kappa shape index (κ1) is 21.8. The first-order valence-corrected chi connectivity index (χ1v) is 10.7. The summed E-state index contributed by atoms with van der Waals surface area (Å²) in [6.45, 7) is 5.36. The number of rotatable bonds is 10. The maximum Gasteiger partial charge on any atom is 0.251 e. The summed E-state index contributed by atoms with van der Waals surface area (Å²) in [5.74, 6) is -0.265. The number of hydrogen-bond acceptors (Lipinski definition) is 6. The maximum absolute atomic E-state index is 12.5. The van der Waals surface area contributed by atoms with Crippen molar-refractivity contribution in [1.29, 1.82) is 0 Å². The Balaban J connectivity index is 1.87. The van der Waals surface area contributed by atoms with Gasteiger partial charge in [-0.2, -0.15) is 0 Å². The van der Waals surface area contributed by atoms with E-state index >= 15 is 0 Å². The van der Waals surface area contributed by atoms with E-state index in [-0.39, 0.29) is 10.8 Å². The van der Waals surface area contributed by atoms with Crippen LogP contribution in [0.15, 0.2) is 29.2 Å². The van der Waals surface area contributed by atoms with Gasteiger partial charge >= 0.3 is 0 Å². The lowest BCUT2D eigenvalue weighted by Crippen LogP contribution is -2.41. The van der Waals surface area contributed by atoms with Crippen LogP contribution >= 0.6 is 0 Å². The lowest BCUT2D eigenvalue weighted by Gasteiger charge is -2.26. The number of benzene rings is 1. The molecule has 1 saturated heterocycles. The molecule has 0 radical (unpaired) electrons. The van der Waals surface area contributed by atoms with Gasteiger partial charge in [-0.05, 0) is 45.3 Å². The number of ether oxygens (including phenoxy) is 1. The molecule has 1 aromatic rings. The monoisotopic (exact) mass is 398 g/mol. The highest BCUT2D eigenvalue weighted by Gasteiger charge is 2.17. The van der Waals surface area contributed by atoms with Crippen molar-refractivity contribution in [2.75, 3.05) is 66.6 Å². The zero-order valence-electron chi connectivity index (χ0n) is 16.1. The van der Waals surface area contributed by atoms with Gasteiger partial charge in [0.15, 0.2) is 0 Å². The summed E-state index contributed by atoms with van der Waals surface area (Å²) in [6, 6.07) is 6.12. The molecule has 0 aromatic heterocycles. The number of carbonyl (C=O) groups excluding carboxylic acids is 1. The Morgan fingerprint density at radius 3 is 2.67 bits per heavy atom. The minimum atomic E-state index is -3.65. The van der Waals surface area contributed by atoms with Crippen molar-refractivity contribution in [2.24, 2.45) is 0 Å². The standard InChI is InChI=1S/C18H30N4O4S/c1-21(2)9-4-7-19-18(23)16-5-3-6-17(15-16)27(24,25)20-8-10-22-11-13-26-14-12-22/h3,5-6,15,20H,4,7-14H2,1-2H3,(H,19,23). The van der Waals surface area contributed by atoms with Crippen molar-refractivity contribution in [1.82, 2.24) is 19.8 Å². The summed E-state index contributed by atoms with van der Waals surface area (Å²) in [5.41, 5.74) is 0.343. The van der Waals surface area contributed by atoms with Crippen LogP contribution in [0.3, 0.4) is 0 Å². The molecule has 1 aromatic carbocycles. The molecule has 0 aliphatic carbocycles. The predicted octanol–water partition coefficient (Wildman–Crippen LogP) is -0.0214. The lowest BCUT2D eigenvalue weighted by atomic mass is 10.2. The van der Waals surface area contributed by atoms with Gasteiger partial charge in [-0.25, -0.2) is 13.1 Å². The summed E-state index contributed by atoms with van der Waals surface area (Å²) in [5, 5.41) is 2.82. The molecule has 0 spiro atoms. The Bertz CT molecular complexity index is 703. The second kappa shape index (κ2) is 10.7. The van der Waals surface area contributed by atoms with Gasteiger partial charge in [0.2, 0.25) is 10.0 Å². The van der Waals surface area contributed by atoms with Gasteiger partial charge in [0.05, 0.1) is 18.1 Å². The summed E-state index contributed by atoms with van der Waals surface area (Å²) in [6.07, 6.45) is 0.833. The highest BCUT2D eigenvalue weighted by atomic mass is 32.2. The normalized spacial score (nSPS) is 15.8. The SMILES string of the molecule is CN(C)CCCNC(=O)c1cccc(S(=O)(=O)NCCN2CCOCC2)c1. The Morgan fingerprint density at radius 2 is 1.96 bits per heavy atom. The average molecular weight is 399 g/mol. The fourth-order valence-corrected chi connectivity index (χ4v) is 3.82. The second-order valence-electron chi connectivity index (χ2n) is 6.79. The van der Waals surface area contributed by atoms with Crippen molar-refractivity contribution in [3.05, 3.63) is 29.8 Å². The third-order valence-corrected chi connectivity index (χ3v) is 5.76. The van der Waals surface area contributed by atoms with E-state index < -0.39 is 10.0 Å². The zero-order chi connectivity index (χ0) is 19.7. The van der Waals surface area contributed by atoms with Crippen molar-refractivity contribution in [3.63, 3.8) is 0 Å². The fraction of sp³-hybridized carbons (Fsp3) is 0.611. The molecule has 9 heteroatoms. The van der Waals surface area contributed by atoms with Gasteiger partial charge in [-0.1, -0.05) is 6.07 Å². The quantitative estimate of drug-likeness (QED) is 0.538. The van der Waals surface area contributed by atoms with E-state index in [9.17, 15) is 13.2 Å². The highest BCUT2D eigenvalue weighted by Crippen LogP contribution is 2.11. The molecule has 27 heavy (non-hydrogen) atoms. The van der Waals surface area contributed by atoms with Crippen LogP contribution in [-0.4, -0.2) is 90.7 Å². The van der Waals surface area contributed by atoms with E-state index in [2.05, 4.69) is 14.9 Å². The van der Waals surface area contributed by atoms with E-state index in [4.69, 9.17) is 4.74 Å². The fourth-order valence-electron chi connectivity index (χ4n) is 2.75. The minimum Gasteiger partial charge on any atom is -0.379 e. The smallest absolute Gasteiger partial charge is 0.251 e. The molecule has 1 heterocycles. The molecule has 152 valence electrons. The van der Waals surface area contributed by atoms with E-state index in [0.29, 0.717) is 38.4 Å². The van der Waals surface area contributed by atoms with Crippen LogP contribution in [0, 0.1) is 0 Å². The molecule has 1 aliphatic heterocycles. The molecule has 1 fully saturated rings. The second-order valence-corrected chi connectivity index (χ2v) is 8.56. The Hall–Kier alpha value is -1.52. The van der Waals surface area contributed by atoms with Gasteiger partial charge in [0.1, 0.15) is 0 Å². The molecule has 0 saturated carbocycles. The number of amides is 1. The van der Waals surface area contributed by atoms with Crippen LogP contribution in [0.2, 0.25) is 0 Å². The Labute approximate surface area is 161 Å². The molecule has 2 N–H and O–H groups in total. The van der Waals surface area contributed by atoms with Gasteiger partial charge in [0.25, 0.3) is 5.91 Å². The minimum absolute atomic E-state index is 0.102. The first-order valence-electron chi connectivity index (χ1n) is 9.21. The summed E-state index contributed by atoms with van der Waals surface area (Å²) < 4.78 is 32.9. The predicted molar refractivity (Wildman–Crippen MR) is 104 cm³/mol. The van der Waals surface area contributed by atoms with E-state index in [1.54, 1.807) is 12.1 Å². The van der Waals surface area contributed by atoms with Crippen molar-refractivity contribution < 1.29 is 17.9 Å². The van der Waals surface area contributed by atoms with E-state index in [0.717, 1.165) is 26.1 Å². The van der Waals surface area contributed by atoms with Crippen LogP contribution in [0.5, 0.6) is 0 Å². The summed E-state index contributed by atoms with van der Waals surface area (Å²) in [4.78, 5) is 16.5. The van der Waals surface area contributed by atoms with E-state index in [1.807, 2.05) is 19.0 Å². The first-order chi connectivity index (χ1) is 12.9. The Morgan fingerprint density at radius 1 is 1.22 bits per heavy atom. The van der Waals surface area contributed by atoms with Gasteiger partial charge < -0.3 is 15.0 Å². The molecule has 1 amide bonds. The maximum atomic E-state index is 12.5. The van der Waals surface area contributed by atoms with Crippen LogP contribution in [0.1, 0.15) is 16.8 Å². The Kier molecular flexibility index (Phi) is 8.65. The lowest BCUT2D eigenvalue weighted by molar-refractivity contribution is 0.0390. The number of carbonyl (C=O) groups is 1. The van der Waals surface area contributed by atoms with Gasteiger partial charge in [-0.15, -0.1) is 0 Å². The van der Waals surface area contributed by atoms with Crippen molar-refractivity contribution >= 4 is 15.9 Å². The molecular formula is C18H30N4O4S. The molecule has 2 rings (SSSR count). The van der Waals surface area contributed by atoms with Gasteiger partial charge in [-0.3, -0.25) is 9.69 Å². The molecule has 0 bridgehead atoms. The molecule has 0 unspecified atom stereocenters. The highest BCUT2D eigenvalue weighted by molar-refractivity contribution is 7.89. The van der Waals surface area contributed by atoms with Gasteiger partial charge in [0, 0.05) is 38.3 Å². The number of hydrogen-bond donors (Lipinski definition) is 2. The number of nitrogens with one attached hydrogen (secondary N) is 2. The van der Waals surface area contributed by atoms with Crippen molar-refractivity contribution in [3.8, 4) is 0 Å². The molecule has 0 atom stereocenters. The average Bonchev–Trinajstić information content (AvgIpc) is 2.66. The van der Waals surface area contributed by atoms with Crippen LogP contribution < -0.4 is 10.0 Å². The molecule has 8 nitrogen and oxygen atoms in total. The largest absolute Gasteiger partial charge is 0.379 e. The third kappa shape index (κ3) is 7.55. The summed E-state index contributed by atoms with van der Waals surface area (Å²) >= 11 is 0. The molecular weight excluding hydrogens is 368 g/mol. The third-order valence-electron chi connectivity index (χ3n) is 4.30. The number of sulfonamides is 1. The number of morpholine rings is 1. The number of nitrogens with zero attached hydrogens (tertiary/aromatic N) is 2. The van der Waals surface area contributed by atoms with E-state index in [1.165, 1.54) is 12.1 Å². The topological polar surface area (TPSA) is 91.0 Å². The van der Waals surface area contributed by atoms with Crippen LogP contribution in [0.4, 0.5) is 0 Å². The zero-order valence-corrected chi connectivity index (χ0v) is 16.9. The van der Waals surface area contributed by atoms with Crippen LogP contribution in [-0.2, 0) is 14.8 Å². The summed E-state index contributed by atoms with van der Waals surface area (Å²) in [7, 11) is 0.301.